The summed E-state index contributed by atoms with van der Waals surface area (Å²) in [5.41, 5.74) is 0.984. The third-order valence-electron chi connectivity index (χ3n) is 6.47. The van der Waals surface area contributed by atoms with E-state index in [2.05, 4.69) is 15.4 Å². The Morgan fingerprint density at radius 3 is 2.74 bits per heavy atom. The van der Waals surface area contributed by atoms with E-state index >= 15 is 0 Å². The van der Waals surface area contributed by atoms with Crippen LogP contribution in [0.15, 0.2) is 29.3 Å². The summed E-state index contributed by atoms with van der Waals surface area (Å²) in [5, 5.41) is 5.43. The number of aromatic nitrogens is 1. The van der Waals surface area contributed by atoms with E-state index < -0.39 is 29.1 Å². The molecule has 1 saturated carbocycles. The van der Waals surface area contributed by atoms with Crippen molar-refractivity contribution in [2.75, 3.05) is 25.0 Å². The smallest absolute Gasteiger partial charge is 0.311 e. The van der Waals surface area contributed by atoms with Gasteiger partial charge in [-0.25, -0.2) is 4.39 Å². The molecule has 1 aliphatic carbocycles. The second-order valence-corrected chi connectivity index (χ2v) is 10.4. The Morgan fingerprint density at radius 1 is 1.26 bits per heavy atom. The summed E-state index contributed by atoms with van der Waals surface area (Å²) in [5.74, 6) is -2.13. The third kappa shape index (κ3) is 4.73. The monoisotopic (exact) mass is 503 g/mol. The first-order valence-electron chi connectivity index (χ1n) is 11.4. The van der Waals surface area contributed by atoms with Crippen LogP contribution in [0.25, 0.3) is 0 Å². The predicted octanol–water partition coefficient (Wildman–Crippen LogP) is 0.835. The van der Waals surface area contributed by atoms with Gasteiger partial charge in [0.2, 0.25) is 10.6 Å². The Hall–Kier alpha value is -3.09. The van der Waals surface area contributed by atoms with E-state index in [4.69, 9.17) is 4.74 Å². The van der Waals surface area contributed by atoms with E-state index in [0.717, 1.165) is 12.8 Å². The number of carbonyl (C=O) groups excluding carboxylic acids is 3. The van der Waals surface area contributed by atoms with Gasteiger partial charge in [0.25, 0.3) is 5.91 Å². The fourth-order valence-electron chi connectivity index (χ4n) is 4.37. The highest BCUT2D eigenvalue weighted by Crippen LogP contribution is 2.34. The number of amides is 3. The highest BCUT2D eigenvalue weighted by molar-refractivity contribution is 7.89. The molecule has 1 aromatic carbocycles. The molecule has 0 bridgehead atoms. The molecule has 0 radical (unpaired) electrons. The van der Waals surface area contributed by atoms with E-state index in [-0.39, 0.29) is 55.0 Å². The second kappa shape index (κ2) is 9.17. The van der Waals surface area contributed by atoms with Crippen LogP contribution in [0.3, 0.4) is 0 Å². The van der Waals surface area contributed by atoms with Crippen LogP contribution in [-0.4, -0.2) is 63.5 Å². The van der Waals surface area contributed by atoms with E-state index in [9.17, 15) is 23.3 Å². The zero-order chi connectivity index (χ0) is 24.9. The molecule has 5 rings (SSSR count). The van der Waals surface area contributed by atoms with Crippen molar-refractivity contribution >= 4 is 34.8 Å². The van der Waals surface area contributed by atoms with Crippen molar-refractivity contribution in [1.29, 1.82) is 0 Å². The lowest BCUT2D eigenvalue weighted by atomic mass is 10.1. The van der Waals surface area contributed by atoms with Crippen LogP contribution in [0.4, 0.5) is 10.1 Å². The minimum Gasteiger partial charge on any atom is -0.593 e. The Kier molecular flexibility index (Phi) is 6.20. The summed E-state index contributed by atoms with van der Waals surface area (Å²) in [6.07, 6.45) is 3.33. The molecule has 2 aliphatic heterocycles. The lowest BCUT2D eigenvalue weighted by Crippen LogP contribution is -2.45. The van der Waals surface area contributed by atoms with Crippen LogP contribution in [0.2, 0.25) is 0 Å². The third-order valence-corrected chi connectivity index (χ3v) is 7.68. The summed E-state index contributed by atoms with van der Waals surface area (Å²) < 4.78 is 37.3. The number of hydrogen-bond acceptors (Lipinski definition) is 6. The molecule has 3 atom stereocenters. The molecule has 2 aromatic rings. The molecule has 0 spiro atoms. The van der Waals surface area contributed by atoms with Crippen LogP contribution in [-0.2, 0) is 28.0 Å². The van der Waals surface area contributed by atoms with Crippen LogP contribution in [0.1, 0.15) is 28.9 Å². The molecule has 35 heavy (non-hydrogen) atoms. The number of nitrogens with one attached hydrogen (secondary N) is 3. The van der Waals surface area contributed by atoms with E-state index in [1.54, 1.807) is 20.2 Å². The quantitative estimate of drug-likeness (QED) is 0.421. The normalized spacial score (nSPS) is 23.4. The zero-order valence-electron chi connectivity index (χ0n) is 19.3. The van der Waals surface area contributed by atoms with Crippen LogP contribution < -0.4 is 20.1 Å². The number of halogens is 1. The molecule has 3 heterocycles. The molecule has 3 amide bonds. The Bertz CT molecular complexity index is 1200. The van der Waals surface area contributed by atoms with E-state index in [0.29, 0.717) is 16.1 Å². The average Bonchev–Trinajstić information content (AvgIpc) is 3.44. The molecule has 1 aromatic heterocycles. The lowest BCUT2D eigenvalue weighted by molar-refractivity contribution is -0.145. The van der Waals surface area contributed by atoms with Crippen molar-refractivity contribution in [2.24, 2.45) is 13.0 Å². The molecule has 3 aliphatic rings. The van der Waals surface area contributed by atoms with E-state index in [1.165, 1.54) is 27.7 Å². The maximum atomic E-state index is 13.6. The highest BCUT2D eigenvalue weighted by atomic mass is 32.2. The van der Waals surface area contributed by atoms with Gasteiger partial charge in [-0.3, -0.25) is 14.4 Å². The first kappa shape index (κ1) is 23.6. The summed E-state index contributed by atoms with van der Waals surface area (Å²) in [6.45, 7) is 2.26. The van der Waals surface area contributed by atoms with Gasteiger partial charge in [0, 0.05) is 37.8 Å². The van der Waals surface area contributed by atoms with Gasteiger partial charge in [0.15, 0.2) is 5.69 Å². The van der Waals surface area contributed by atoms with E-state index in [1.807, 2.05) is 0 Å². The summed E-state index contributed by atoms with van der Waals surface area (Å²) in [4.78, 5) is 39.6. The predicted molar refractivity (Wildman–Crippen MR) is 125 cm³/mol. The van der Waals surface area contributed by atoms with Crippen molar-refractivity contribution in [3.05, 3.63) is 41.5 Å². The molecule has 3 unspecified atom stereocenters. The molecule has 3 N–H and O–H groups in total. The minimum absolute atomic E-state index is 0.0790. The molecule has 1 saturated heterocycles. The molecular formula is C23H26FN5O5S. The van der Waals surface area contributed by atoms with Gasteiger partial charge >= 0.3 is 11.8 Å². The highest BCUT2D eigenvalue weighted by Gasteiger charge is 2.44. The van der Waals surface area contributed by atoms with Gasteiger partial charge in [-0.1, -0.05) is 0 Å². The van der Waals surface area contributed by atoms with Gasteiger partial charge in [0.1, 0.15) is 5.82 Å². The molecule has 186 valence electrons. The summed E-state index contributed by atoms with van der Waals surface area (Å²) in [7, 11) is 1.65. The SMILES string of the molecule is Cc1cc(NC(=O)c2c3c(cn2C)[S+]([O-])NC2CN(C(=O)C(=O)NC4CC4)CC2CO3)ccc1F. The number of rotatable bonds is 3. The molecule has 10 nitrogen and oxygen atoms in total. The Balaban J connectivity index is 1.32. The number of fused-ring (bicyclic) bond motifs is 2. The minimum atomic E-state index is -1.72. The van der Waals surface area contributed by atoms with Crippen molar-refractivity contribution in [2.45, 2.75) is 36.7 Å². The Morgan fingerprint density at radius 2 is 2.03 bits per heavy atom. The van der Waals surface area contributed by atoms with Gasteiger partial charge in [-0.2, -0.15) is 0 Å². The van der Waals surface area contributed by atoms with Crippen molar-refractivity contribution in [3.8, 4) is 5.75 Å². The van der Waals surface area contributed by atoms with Gasteiger partial charge < -0.3 is 29.4 Å². The molecule has 12 heteroatoms. The number of likely N-dealkylation sites (tertiary alicyclic amines) is 1. The van der Waals surface area contributed by atoms with Crippen LogP contribution in [0, 0.1) is 18.7 Å². The largest absolute Gasteiger partial charge is 0.593 e. The maximum absolute atomic E-state index is 13.6. The first-order valence-corrected chi connectivity index (χ1v) is 12.5. The van der Waals surface area contributed by atoms with Gasteiger partial charge in [0.05, 0.1) is 30.2 Å². The number of hydrogen-bond donors (Lipinski definition) is 3. The summed E-state index contributed by atoms with van der Waals surface area (Å²) in [6, 6.07) is 4.00. The van der Waals surface area contributed by atoms with Crippen LogP contribution >= 0.6 is 0 Å². The Labute approximate surface area is 204 Å². The standard InChI is InChI=1S/C23H26FN5O5S/c1-12-7-15(5-6-16(12)24)26-21(30)19-20-18(10-28(19)2)35(33)27-17-9-29(8-13(17)11-34-20)23(32)22(31)25-14-3-4-14/h5-7,10,13-14,17,27H,3-4,8-9,11H2,1-2H3,(H,25,31)(H,26,30). The van der Waals surface area contributed by atoms with Crippen molar-refractivity contribution in [1.82, 2.24) is 19.5 Å². The lowest BCUT2D eigenvalue weighted by Gasteiger charge is -2.24. The summed E-state index contributed by atoms with van der Waals surface area (Å²) >= 11 is -1.72. The zero-order valence-corrected chi connectivity index (χ0v) is 20.1. The number of ether oxygens (including phenoxy) is 1. The number of benzene rings is 1. The number of carbonyl (C=O) groups is 3. The van der Waals surface area contributed by atoms with Crippen LogP contribution in [0.5, 0.6) is 5.75 Å². The number of anilines is 1. The second-order valence-electron chi connectivity index (χ2n) is 9.22. The van der Waals surface area contributed by atoms with Gasteiger partial charge in [-0.05, 0) is 43.5 Å². The molecular weight excluding hydrogens is 477 g/mol. The van der Waals surface area contributed by atoms with Gasteiger partial charge in [-0.15, -0.1) is 4.72 Å². The average molecular weight is 504 g/mol. The number of aryl methyl sites for hydroxylation is 2. The fraction of sp³-hybridized carbons (Fsp3) is 0.435. The maximum Gasteiger partial charge on any atom is 0.311 e. The topological polar surface area (TPSA) is 128 Å². The fourth-order valence-corrected chi connectivity index (χ4v) is 5.62. The van der Waals surface area contributed by atoms with Crippen molar-refractivity contribution in [3.63, 3.8) is 0 Å². The molecule has 2 fully saturated rings. The van der Waals surface area contributed by atoms with Crippen molar-refractivity contribution < 1.29 is 28.1 Å². The first-order chi connectivity index (χ1) is 16.7. The number of nitrogens with zero attached hydrogens (tertiary/aromatic N) is 2.